The van der Waals surface area contributed by atoms with E-state index in [0.29, 0.717) is 18.0 Å². The van der Waals surface area contributed by atoms with Gasteiger partial charge in [0, 0.05) is 26.2 Å². The van der Waals surface area contributed by atoms with Gasteiger partial charge in [-0.3, -0.25) is 14.9 Å². The molecule has 0 aromatic carbocycles. The Morgan fingerprint density at radius 3 is 2.80 bits per heavy atom. The summed E-state index contributed by atoms with van der Waals surface area (Å²) in [5.74, 6) is -0.237. The predicted octanol–water partition coefficient (Wildman–Crippen LogP) is 0.687. The zero-order chi connectivity index (χ0) is 11.4. The van der Waals surface area contributed by atoms with E-state index in [0.717, 1.165) is 11.3 Å². The fourth-order valence-electron chi connectivity index (χ4n) is 1.02. The van der Waals surface area contributed by atoms with E-state index in [2.05, 4.69) is 0 Å². The van der Waals surface area contributed by atoms with Crippen molar-refractivity contribution in [3.05, 3.63) is 27.1 Å². The molecule has 0 radical (unpaired) electrons. The van der Waals surface area contributed by atoms with Gasteiger partial charge in [0.05, 0.1) is 9.80 Å². The quantitative estimate of drug-likeness (QED) is 0.607. The first-order chi connectivity index (χ1) is 7.06. The van der Waals surface area contributed by atoms with Gasteiger partial charge in [-0.2, -0.15) is 0 Å². The van der Waals surface area contributed by atoms with Gasteiger partial charge in [0.25, 0.3) is 5.91 Å². The van der Waals surface area contributed by atoms with Crippen LogP contribution in [0.4, 0.5) is 5.00 Å². The van der Waals surface area contributed by atoms with Crippen molar-refractivity contribution in [1.82, 2.24) is 4.90 Å². The molecule has 1 aromatic heterocycles. The summed E-state index contributed by atoms with van der Waals surface area (Å²) in [5, 5.41) is 10.4. The van der Waals surface area contributed by atoms with E-state index >= 15 is 0 Å². The number of thiophene rings is 1. The second-order valence-corrected chi connectivity index (χ2v) is 3.97. The number of hydrogen-bond acceptors (Lipinski definition) is 5. The first-order valence-corrected chi connectivity index (χ1v) is 5.07. The van der Waals surface area contributed by atoms with E-state index < -0.39 is 4.92 Å². The highest BCUT2D eigenvalue weighted by Gasteiger charge is 2.17. The van der Waals surface area contributed by atoms with Crippen molar-refractivity contribution in [2.24, 2.45) is 5.73 Å². The summed E-state index contributed by atoms with van der Waals surface area (Å²) in [7, 11) is 1.61. The molecular weight excluding hydrogens is 218 g/mol. The largest absolute Gasteiger partial charge is 0.340 e. The Morgan fingerprint density at radius 2 is 2.33 bits per heavy atom. The maximum Gasteiger partial charge on any atom is 0.324 e. The predicted molar refractivity (Wildman–Crippen MR) is 57.0 cm³/mol. The molecule has 7 heteroatoms. The summed E-state index contributed by atoms with van der Waals surface area (Å²) in [5.41, 5.74) is 5.30. The number of amides is 1. The van der Waals surface area contributed by atoms with E-state index in [1.807, 2.05) is 0 Å². The van der Waals surface area contributed by atoms with Gasteiger partial charge in [-0.1, -0.05) is 11.3 Å². The first-order valence-electron chi connectivity index (χ1n) is 4.26. The fourth-order valence-corrected chi connectivity index (χ4v) is 1.84. The molecule has 15 heavy (non-hydrogen) atoms. The van der Waals surface area contributed by atoms with E-state index in [1.54, 1.807) is 7.05 Å². The molecule has 0 fully saturated rings. The van der Waals surface area contributed by atoms with Gasteiger partial charge in [-0.25, -0.2) is 0 Å². The third-order valence-electron chi connectivity index (χ3n) is 1.79. The highest BCUT2D eigenvalue weighted by Crippen LogP contribution is 2.24. The van der Waals surface area contributed by atoms with Crippen LogP contribution in [-0.4, -0.2) is 35.9 Å². The monoisotopic (exact) mass is 229 g/mol. The van der Waals surface area contributed by atoms with E-state index in [1.165, 1.54) is 17.0 Å². The minimum atomic E-state index is -0.510. The molecule has 0 aliphatic heterocycles. The Hall–Kier alpha value is -1.47. The molecule has 1 heterocycles. The van der Waals surface area contributed by atoms with Crippen LogP contribution < -0.4 is 5.73 Å². The van der Waals surface area contributed by atoms with Crippen LogP contribution in [0.15, 0.2) is 12.1 Å². The zero-order valence-corrected chi connectivity index (χ0v) is 8.99. The smallest absolute Gasteiger partial charge is 0.324 e. The lowest BCUT2D eigenvalue weighted by atomic mass is 10.4. The number of hydrogen-bond donors (Lipinski definition) is 1. The molecular formula is C8H11N3O3S. The molecule has 2 N–H and O–H groups in total. The van der Waals surface area contributed by atoms with Crippen LogP contribution in [0.2, 0.25) is 0 Å². The normalized spacial score (nSPS) is 10.0. The molecule has 0 aliphatic carbocycles. The number of nitrogens with two attached hydrogens (primary N) is 1. The molecule has 0 aliphatic rings. The third kappa shape index (κ3) is 2.74. The summed E-state index contributed by atoms with van der Waals surface area (Å²) in [6.45, 7) is 0.806. The Bertz CT molecular complexity index is 377. The van der Waals surface area contributed by atoms with Crippen LogP contribution in [0.1, 0.15) is 9.67 Å². The topological polar surface area (TPSA) is 89.5 Å². The molecule has 0 bridgehead atoms. The molecule has 6 nitrogen and oxygen atoms in total. The van der Waals surface area contributed by atoms with Gasteiger partial charge in [-0.15, -0.1) is 0 Å². The summed E-state index contributed by atoms with van der Waals surface area (Å²) < 4.78 is 0. The van der Waals surface area contributed by atoms with Crippen molar-refractivity contribution in [2.45, 2.75) is 0 Å². The van der Waals surface area contributed by atoms with Gasteiger partial charge in [-0.05, 0) is 6.07 Å². The molecule has 1 amide bonds. The lowest BCUT2D eigenvalue weighted by molar-refractivity contribution is -0.380. The van der Waals surface area contributed by atoms with Crippen LogP contribution in [-0.2, 0) is 0 Å². The van der Waals surface area contributed by atoms with Crippen molar-refractivity contribution in [1.29, 1.82) is 0 Å². The third-order valence-corrected chi connectivity index (χ3v) is 2.82. The van der Waals surface area contributed by atoms with Crippen LogP contribution in [0.3, 0.4) is 0 Å². The van der Waals surface area contributed by atoms with Crippen LogP contribution in [0.5, 0.6) is 0 Å². The standard InChI is InChI=1S/C8H11N3O3S/c1-10(5-4-9)8(12)6-2-3-7(15-6)11(13)14/h2-3H,4-5,9H2,1H3. The second-order valence-electron chi connectivity index (χ2n) is 2.91. The van der Waals surface area contributed by atoms with Crippen molar-refractivity contribution in [3.8, 4) is 0 Å². The number of carbonyl (C=O) groups excluding carboxylic acids is 1. The van der Waals surface area contributed by atoms with Gasteiger partial charge >= 0.3 is 5.00 Å². The molecule has 0 saturated heterocycles. The zero-order valence-electron chi connectivity index (χ0n) is 8.17. The molecule has 1 rings (SSSR count). The number of nitro groups is 1. The summed E-state index contributed by atoms with van der Waals surface area (Å²) >= 11 is 0.872. The van der Waals surface area contributed by atoms with E-state index in [4.69, 9.17) is 5.73 Å². The average molecular weight is 229 g/mol. The summed E-state index contributed by atoms with van der Waals surface area (Å²) in [6.07, 6.45) is 0. The molecule has 82 valence electrons. The molecule has 0 atom stereocenters. The Kier molecular flexibility index (Phi) is 3.75. The van der Waals surface area contributed by atoms with Crippen molar-refractivity contribution in [2.75, 3.05) is 20.1 Å². The SMILES string of the molecule is CN(CCN)C(=O)c1ccc([N+](=O)[O-])s1. The Labute approximate surface area is 90.4 Å². The van der Waals surface area contributed by atoms with Gasteiger partial charge in [0.15, 0.2) is 0 Å². The lowest BCUT2D eigenvalue weighted by Gasteiger charge is -2.13. The van der Waals surface area contributed by atoms with Gasteiger partial charge in [0.1, 0.15) is 0 Å². The minimum absolute atomic E-state index is 0.0282. The summed E-state index contributed by atoms with van der Waals surface area (Å²) in [4.78, 5) is 23.3. The minimum Gasteiger partial charge on any atom is -0.340 e. The van der Waals surface area contributed by atoms with Gasteiger partial charge in [0.2, 0.25) is 0 Å². The Morgan fingerprint density at radius 1 is 1.67 bits per heavy atom. The van der Waals surface area contributed by atoms with Crippen LogP contribution in [0.25, 0.3) is 0 Å². The van der Waals surface area contributed by atoms with Crippen LogP contribution >= 0.6 is 11.3 Å². The van der Waals surface area contributed by atoms with Gasteiger partial charge < -0.3 is 10.6 Å². The maximum absolute atomic E-state index is 11.6. The van der Waals surface area contributed by atoms with Crippen molar-refractivity contribution >= 4 is 22.2 Å². The number of rotatable bonds is 4. The summed E-state index contributed by atoms with van der Waals surface area (Å²) in [6, 6.07) is 2.78. The number of carbonyl (C=O) groups is 1. The fraction of sp³-hybridized carbons (Fsp3) is 0.375. The van der Waals surface area contributed by atoms with Crippen LogP contribution in [0, 0.1) is 10.1 Å². The number of nitrogens with zero attached hydrogens (tertiary/aromatic N) is 2. The number of likely N-dealkylation sites (N-methyl/N-ethyl adjacent to an activating group) is 1. The highest BCUT2D eigenvalue weighted by atomic mass is 32.1. The molecule has 0 unspecified atom stereocenters. The van der Waals surface area contributed by atoms with E-state index in [-0.39, 0.29) is 10.9 Å². The van der Waals surface area contributed by atoms with Crippen molar-refractivity contribution in [3.63, 3.8) is 0 Å². The molecule has 1 aromatic rings. The maximum atomic E-state index is 11.6. The van der Waals surface area contributed by atoms with Crippen molar-refractivity contribution < 1.29 is 9.72 Å². The lowest BCUT2D eigenvalue weighted by Crippen LogP contribution is -2.31. The Balaban J connectivity index is 2.78. The molecule has 0 saturated carbocycles. The van der Waals surface area contributed by atoms with E-state index in [9.17, 15) is 14.9 Å². The second kappa shape index (κ2) is 4.85. The molecule has 0 spiro atoms. The average Bonchev–Trinajstić information content (AvgIpc) is 2.65. The first kappa shape index (κ1) is 11.6. The highest BCUT2D eigenvalue weighted by molar-refractivity contribution is 7.17.